The van der Waals surface area contributed by atoms with Crippen molar-refractivity contribution in [1.82, 2.24) is 4.98 Å². The first-order valence-corrected chi connectivity index (χ1v) is 12.7. The van der Waals surface area contributed by atoms with Crippen molar-refractivity contribution in [3.8, 4) is 5.75 Å². The number of nitrogens with zero attached hydrogens (tertiary/aromatic N) is 2. The summed E-state index contributed by atoms with van der Waals surface area (Å²) in [4.78, 5) is 33.8. The van der Waals surface area contributed by atoms with E-state index in [9.17, 15) is 14.7 Å². The molecule has 4 aromatic rings. The summed E-state index contributed by atoms with van der Waals surface area (Å²) < 4.78 is 5.78. The first-order valence-electron chi connectivity index (χ1n) is 12.7. The Kier molecular flexibility index (Phi) is 6.68. The zero-order chi connectivity index (χ0) is 27.0. The number of hydrogen-bond donors (Lipinski definition) is 2. The highest BCUT2D eigenvalue weighted by Gasteiger charge is 2.47. The molecule has 5 rings (SSSR count). The summed E-state index contributed by atoms with van der Waals surface area (Å²) in [6.07, 6.45) is 2.69. The normalized spacial score (nSPS) is 16.8. The van der Waals surface area contributed by atoms with Crippen molar-refractivity contribution in [2.24, 2.45) is 0 Å². The molecule has 0 radical (unpaired) electrons. The number of aryl methyl sites for hydroxylation is 1. The fraction of sp³-hybridized carbons (Fsp3) is 0.226. The Labute approximate surface area is 222 Å². The maximum absolute atomic E-state index is 13.6. The van der Waals surface area contributed by atoms with Gasteiger partial charge in [-0.05, 0) is 67.4 Å². The number of anilines is 2. The van der Waals surface area contributed by atoms with Crippen molar-refractivity contribution < 1.29 is 19.4 Å². The third kappa shape index (κ3) is 4.30. The summed E-state index contributed by atoms with van der Waals surface area (Å²) in [6, 6.07) is 19.7. The number of fused-ring (bicyclic) bond motifs is 1. The molecule has 0 spiro atoms. The highest BCUT2D eigenvalue weighted by atomic mass is 16.5. The Hall–Kier alpha value is -4.52. The highest BCUT2D eigenvalue weighted by molar-refractivity contribution is 6.51. The number of Topliss-reactive ketones (excluding diaryl/α,β-unsaturated/α-hetero) is 1. The number of carbonyl (C=O) groups excluding carboxylic acids is 2. The third-order valence-corrected chi connectivity index (χ3v) is 6.91. The van der Waals surface area contributed by atoms with E-state index in [4.69, 9.17) is 4.74 Å². The van der Waals surface area contributed by atoms with E-state index in [1.807, 2.05) is 87.6 Å². The SMILES string of the molecule is CCCOc1ccc(/C(O)=C2\C(=O)C(=O)N(c3ccc(N(C)C)cc3)C2c2c[nH]c3ccccc23)cc1C. The second-order valence-corrected chi connectivity index (χ2v) is 9.70. The summed E-state index contributed by atoms with van der Waals surface area (Å²) >= 11 is 0. The molecular weight excluding hydrogens is 478 g/mol. The number of rotatable bonds is 7. The summed E-state index contributed by atoms with van der Waals surface area (Å²) in [5.74, 6) is -0.897. The van der Waals surface area contributed by atoms with Crippen LogP contribution in [0.3, 0.4) is 0 Å². The van der Waals surface area contributed by atoms with Crippen LogP contribution in [-0.2, 0) is 9.59 Å². The van der Waals surface area contributed by atoms with Gasteiger partial charge in [-0.1, -0.05) is 25.1 Å². The number of carbonyl (C=O) groups is 2. The zero-order valence-electron chi connectivity index (χ0n) is 22.0. The number of H-pyrrole nitrogens is 1. The lowest BCUT2D eigenvalue weighted by Gasteiger charge is -2.25. The first kappa shape index (κ1) is 25.1. The second-order valence-electron chi connectivity index (χ2n) is 9.70. The van der Waals surface area contributed by atoms with Crippen LogP contribution in [0.1, 0.15) is 36.1 Å². The molecule has 1 amide bonds. The number of amides is 1. The van der Waals surface area contributed by atoms with Gasteiger partial charge in [-0.3, -0.25) is 14.5 Å². The van der Waals surface area contributed by atoms with Gasteiger partial charge in [-0.15, -0.1) is 0 Å². The van der Waals surface area contributed by atoms with Gasteiger partial charge in [-0.25, -0.2) is 0 Å². The maximum atomic E-state index is 13.6. The number of nitrogens with one attached hydrogen (secondary N) is 1. The largest absolute Gasteiger partial charge is 0.507 e. The lowest BCUT2D eigenvalue weighted by Crippen LogP contribution is -2.29. The molecule has 1 saturated heterocycles. The quantitative estimate of drug-likeness (QED) is 0.182. The molecule has 1 aliphatic rings. The smallest absolute Gasteiger partial charge is 0.300 e. The molecule has 7 nitrogen and oxygen atoms in total. The Morgan fingerprint density at radius 1 is 1.05 bits per heavy atom. The fourth-order valence-electron chi connectivity index (χ4n) is 4.95. The van der Waals surface area contributed by atoms with E-state index < -0.39 is 17.7 Å². The Morgan fingerprint density at radius 3 is 2.47 bits per heavy atom. The van der Waals surface area contributed by atoms with Gasteiger partial charge in [-0.2, -0.15) is 0 Å². The number of hydrogen-bond acceptors (Lipinski definition) is 5. The van der Waals surface area contributed by atoms with Gasteiger partial charge in [0.1, 0.15) is 11.5 Å². The van der Waals surface area contributed by atoms with Crippen LogP contribution < -0.4 is 14.5 Å². The third-order valence-electron chi connectivity index (χ3n) is 6.91. The average Bonchev–Trinajstić information content (AvgIpc) is 3.46. The number of aliphatic hydroxyl groups excluding tert-OH is 1. The molecule has 1 atom stereocenters. The molecular formula is C31H31N3O4. The predicted molar refractivity (Wildman–Crippen MR) is 151 cm³/mol. The van der Waals surface area contributed by atoms with Gasteiger partial charge in [0.15, 0.2) is 0 Å². The van der Waals surface area contributed by atoms with Crippen LogP contribution in [0.2, 0.25) is 0 Å². The number of para-hydroxylation sites is 1. The van der Waals surface area contributed by atoms with E-state index in [1.165, 1.54) is 4.90 Å². The molecule has 3 aromatic carbocycles. The Bertz CT molecular complexity index is 1550. The number of aliphatic hydroxyl groups is 1. The molecule has 7 heteroatoms. The van der Waals surface area contributed by atoms with Gasteiger partial charge in [0.05, 0.1) is 18.2 Å². The standard InChI is InChI=1S/C31H31N3O4/c1-5-16-38-26-15-10-20(17-19(26)2)29(35)27-28(24-18-32-25-9-7-6-8-23(24)25)34(31(37)30(27)36)22-13-11-21(12-14-22)33(3)4/h6-15,17-18,28,32,35H,5,16H2,1-4H3/b29-27+. The van der Waals surface area contributed by atoms with Gasteiger partial charge in [0.2, 0.25) is 0 Å². The Morgan fingerprint density at radius 2 is 1.79 bits per heavy atom. The minimum absolute atomic E-state index is 0.0538. The molecule has 0 bridgehead atoms. The van der Waals surface area contributed by atoms with E-state index in [-0.39, 0.29) is 11.3 Å². The maximum Gasteiger partial charge on any atom is 0.300 e. The van der Waals surface area contributed by atoms with Gasteiger partial charge in [0, 0.05) is 53.7 Å². The first-order chi connectivity index (χ1) is 18.3. The molecule has 0 aliphatic carbocycles. The lowest BCUT2D eigenvalue weighted by molar-refractivity contribution is -0.132. The summed E-state index contributed by atoms with van der Waals surface area (Å²) in [7, 11) is 3.88. The highest BCUT2D eigenvalue weighted by Crippen LogP contribution is 2.44. The van der Waals surface area contributed by atoms with Crippen LogP contribution in [0.4, 0.5) is 11.4 Å². The minimum Gasteiger partial charge on any atom is -0.507 e. The lowest BCUT2D eigenvalue weighted by atomic mass is 9.94. The van der Waals surface area contributed by atoms with Crippen molar-refractivity contribution in [3.63, 3.8) is 0 Å². The van der Waals surface area contributed by atoms with E-state index in [0.29, 0.717) is 17.9 Å². The van der Waals surface area contributed by atoms with Gasteiger partial charge < -0.3 is 19.7 Å². The van der Waals surface area contributed by atoms with Crippen molar-refractivity contribution in [2.45, 2.75) is 26.3 Å². The van der Waals surface area contributed by atoms with E-state index in [0.717, 1.165) is 39.9 Å². The number of ether oxygens (including phenoxy) is 1. The average molecular weight is 510 g/mol. The minimum atomic E-state index is -0.812. The Balaban J connectivity index is 1.69. The van der Waals surface area contributed by atoms with Crippen LogP contribution in [0.5, 0.6) is 5.75 Å². The number of aromatic nitrogens is 1. The molecule has 1 aliphatic heterocycles. The molecule has 1 aromatic heterocycles. The van der Waals surface area contributed by atoms with Crippen molar-refractivity contribution in [2.75, 3.05) is 30.5 Å². The van der Waals surface area contributed by atoms with Crippen LogP contribution in [0.25, 0.3) is 16.7 Å². The topological polar surface area (TPSA) is 85.9 Å². The van der Waals surface area contributed by atoms with E-state index in [1.54, 1.807) is 18.2 Å². The molecule has 38 heavy (non-hydrogen) atoms. The van der Waals surface area contributed by atoms with E-state index in [2.05, 4.69) is 4.98 Å². The molecule has 194 valence electrons. The molecule has 0 saturated carbocycles. The van der Waals surface area contributed by atoms with Crippen LogP contribution >= 0.6 is 0 Å². The number of ketones is 1. The summed E-state index contributed by atoms with van der Waals surface area (Å²) in [5.41, 5.74) is 4.50. The molecule has 1 unspecified atom stereocenters. The second kappa shape index (κ2) is 10.1. The molecule has 2 N–H and O–H groups in total. The molecule has 1 fully saturated rings. The van der Waals surface area contributed by atoms with Crippen LogP contribution in [-0.4, -0.2) is 42.5 Å². The fourth-order valence-corrected chi connectivity index (χ4v) is 4.95. The van der Waals surface area contributed by atoms with Crippen molar-refractivity contribution in [3.05, 3.63) is 95.2 Å². The number of benzene rings is 3. The monoisotopic (exact) mass is 509 g/mol. The summed E-state index contributed by atoms with van der Waals surface area (Å²) in [5, 5.41) is 12.4. The molecule has 2 heterocycles. The van der Waals surface area contributed by atoms with Crippen molar-refractivity contribution >= 4 is 39.7 Å². The number of aromatic amines is 1. The van der Waals surface area contributed by atoms with E-state index >= 15 is 0 Å². The van der Waals surface area contributed by atoms with Crippen LogP contribution in [0, 0.1) is 6.92 Å². The van der Waals surface area contributed by atoms with Crippen molar-refractivity contribution in [1.29, 1.82) is 0 Å². The predicted octanol–water partition coefficient (Wildman–Crippen LogP) is 5.96. The van der Waals surface area contributed by atoms with Gasteiger partial charge >= 0.3 is 0 Å². The summed E-state index contributed by atoms with van der Waals surface area (Å²) in [6.45, 7) is 4.52. The zero-order valence-corrected chi connectivity index (χ0v) is 22.0. The van der Waals surface area contributed by atoms with Gasteiger partial charge in [0.25, 0.3) is 11.7 Å². The van der Waals surface area contributed by atoms with Crippen LogP contribution in [0.15, 0.2) is 78.5 Å².